The first-order valence-electron chi connectivity index (χ1n) is 10.8. The van der Waals surface area contributed by atoms with Gasteiger partial charge in [0.2, 0.25) is 0 Å². The van der Waals surface area contributed by atoms with Crippen LogP contribution >= 0.6 is 0 Å². The summed E-state index contributed by atoms with van der Waals surface area (Å²) in [5.41, 5.74) is -1.06. The van der Waals surface area contributed by atoms with Crippen molar-refractivity contribution >= 4 is 5.97 Å². The van der Waals surface area contributed by atoms with E-state index in [0.29, 0.717) is 32.0 Å². The van der Waals surface area contributed by atoms with Crippen LogP contribution in [-0.4, -0.2) is 70.7 Å². The smallest absolute Gasteiger partial charge is 0.306 e. The molecule has 0 rings (SSSR count). The molecule has 0 aliphatic rings. The molecule has 0 aliphatic heterocycles. The molecule has 0 saturated heterocycles. The largest absolute Gasteiger partial charge is 0.481 e. The van der Waals surface area contributed by atoms with Crippen molar-refractivity contribution in [2.24, 2.45) is 17.8 Å². The molecule has 0 radical (unpaired) electrons. The van der Waals surface area contributed by atoms with E-state index in [-0.39, 0.29) is 17.9 Å². The molecule has 0 spiro atoms. The van der Waals surface area contributed by atoms with Gasteiger partial charge < -0.3 is 25.0 Å². The lowest BCUT2D eigenvalue weighted by Crippen LogP contribution is -2.52. The maximum absolute atomic E-state index is 10.9. The Labute approximate surface area is 172 Å². The number of aliphatic hydroxyl groups excluding tert-OH is 1. The average Bonchev–Trinajstić information content (AvgIpc) is 2.59. The second kappa shape index (κ2) is 13.5. The minimum atomic E-state index is -1.06. The number of aliphatic carboxylic acids is 1. The molecule has 0 amide bonds. The van der Waals surface area contributed by atoms with Crippen LogP contribution in [0.5, 0.6) is 0 Å². The van der Waals surface area contributed by atoms with E-state index in [0.717, 1.165) is 25.8 Å². The zero-order valence-electron chi connectivity index (χ0n) is 19.1. The lowest BCUT2D eigenvalue weighted by Gasteiger charge is -2.38. The highest BCUT2D eigenvalue weighted by Crippen LogP contribution is 2.22. The molecular formula is C22H45NO5. The summed E-state index contributed by atoms with van der Waals surface area (Å²) in [5.74, 6) is -0.373. The Bertz CT molecular complexity index is 429. The van der Waals surface area contributed by atoms with Crippen molar-refractivity contribution in [2.75, 3.05) is 26.8 Å². The van der Waals surface area contributed by atoms with Crippen LogP contribution in [0, 0.1) is 17.8 Å². The number of carbonyl (C=O) groups is 1. The molecule has 0 unspecified atom stereocenters. The van der Waals surface area contributed by atoms with Crippen LogP contribution in [0.15, 0.2) is 0 Å². The topological polar surface area (TPSA) is 90.2 Å². The zero-order chi connectivity index (χ0) is 21.9. The number of carboxylic acids is 1. The minimum Gasteiger partial charge on any atom is -0.481 e. The van der Waals surface area contributed by atoms with Gasteiger partial charge in [0.1, 0.15) is 0 Å². The van der Waals surface area contributed by atoms with Crippen molar-refractivity contribution in [2.45, 2.75) is 91.4 Å². The van der Waals surface area contributed by atoms with E-state index in [1.165, 1.54) is 0 Å². The third-order valence-corrected chi connectivity index (χ3v) is 5.71. The van der Waals surface area contributed by atoms with Crippen molar-refractivity contribution in [1.82, 2.24) is 4.90 Å². The summed E-state index contributed by atoms with van der Waals surface area (Å²) in [6, 6.07) is -0.114. The van der Waals surface area contributed by atoms with Gasteiger partial charge in [-0.05, 0) is 58.4 Å². The molecule has 0 aromatic carbocycles. The molecule has 3 N–H and O–H groups in total. The van der Waals surface area contributed by atoms with Gasteiger partial charge in [-0.15, -0.1) is 0 Å². The van der Waals surface area contributed by atoms with E-state index >= 15 is 0 Å². The normalized spacial score (nSPS) is 19.6. The lowest BCUT2D eigenvalue weighted by molar-refractivity contribution is -0.141. The van der Waals surface area contributed by atoms with Gasteiger partial charge in [0.25, 0.3) is 0 Å². The van der Waals surface area contributed by atoms with Crippen molar-refractivity contribution in [3.63, 3.8) is 0 Å². The van der Waals surface area contributed by atoms with Crippen molar-refractivity contribution in [3.05, 3.63) is 0 Å². The third kappa shape index (κ3) is 10.7. The molecule has 28 heavy (non-hydrogen) atoms. The van der Waals surface area contributed by atoms with Crippen molar-refractivity contribution in [1.29, 1.82) is 0 Å². The Balaban J connectivity index is 4.08. The number of likely N-dealkylation sites (N-methyl/N-ethyl adjacent to an activating group) is 1. The van der Waals surface area contributed by atoms with Crippen LogP contribution in [0.25, 0.3) is 0 Å². The predicted octanol–water partition coefficient (Wildman–Crippen LogP) is 3.40. The average molecular weight is 404 g/mol. The quantitative estimate of drug-likeness (QED) is 0.342. The molecule has 0 aromatic rings. The molecule has 0 bridgehead atoms. The molecule has 0 fully saturated rings. The summed E-state index contributed by atoms with van der Waals surface area (Å²) in [6.45, 7) is 13.8. The maximum Gasteiger partial charge on any atom is 0.306 e. The summed E-state index contributed by atoms with van der Waals surface area (Å²) in [7, 11) is 1.99. The molecule has 168 valence electrons. The molecule has 0 aliphatic carbocycles. The number of ether oxygens (including phenoxy) is 1. The fourth-order valence-electron chi connectivity index (χ4n) is 3.75. The van der Waals surface area contributed by atoms with Gasteiger partial charge in [-0.25, -0.2) is 0 Å². The van der Waals surface area contributed by atoms with Gasteiger partial charge in [-0.1, -0.05) is 34.1 Å². The van der Waals surface area contributed by atoms with Crippen LogP contribution in [0.2, 0.25) is 0 Å². The van der Waals surface area contributed by atoms with Gasteiger partial charge in [-0.2, -0.15) is 0 Å². The standard InChI is InChI=1S/C22H45NO5/c1-8-11-22(6,27)20(24)19(5)23(7)14-16(2)10-9-12-28-15-17(3)13-18(4)21(25)26/h16-20,24,27H,8-15H2,1-7H3,(H,25,26)/t16-,17+,18-,19-,20-,22-/m1/s1. The van der Waals surface area contributed by atoms with Crippen LogP contribution in [-0.2, 0) is 9.53 Å². The summed E-state index contributed by atoms with van der Waals surface area (Å²) in [5, 5.41) is 29.9. The first kappa shape index (κ1) is 27.3. The number of rotatable bonds is 16. The van der Waals surface area contributed by atoms with Crippen LogP contribution in [0.3, 0.4) is 0 Å². The highest BCUT2D eigenvalue weighted by Gasteiger charge is 2.35. The fraction of sp³-hybridized carbons (Fsp3) is 0.955. The number of aliphatic hydroxyl groups is 2. The third-order valence-electron chi connectivity index (χ3n) is 5.71. The Hall–Kier alpha value is -0.690. The Morgan fingerprint density at radius 1 is 1.18 bits per heavy atom. The molecule has 6 atom stereocenters. The number of hydrogen-bond donors (Lipinski definition) is 3. The highest BCUT2D eigenvalue weighted by molar-refractivity contribution is 5.69. The molecular weight excluding hydrogens is 358 g/mol. The summed E-state index contributed by atoms with van der Waals surface area (Å²) >= 11 is 0. The number of carboxylic acid groups (broad SMARTS) is 1. The lowest BCUT2D eigenvalue weighted by atomic mass is 9.88. The van der Waals surface area contributed by atoms with Gasteiger partial charge in [0.05, 0.1) is 17.6 Å². The molecule has 0 heterocycles. The number of nitrogens with zero attached hydrogens (tertiary/aromatic N) is 1. The minimum absolute atomic E-state index is 0.114. The van der Waals surface area contributed by atoms with Crippen LogP contribution in [0.4, 0.5) is 0 Å². The Kier molecular flexibility index (Phi) is 13.2. The molecule has 6 heteroatoms. The zero-order valence-corrected chi connectivity index (χ0v) is 19.1. The van der Waals surface area contributed by atoms with Gasteiger partial charge in [0.15, 0.2) is 0 Å². The van der Waals surface area contributed by atoms with Crippen LogP contribution < -0.4 is 0 Å². The van der Waals surface area contributed by atoms with E-state index in [4.69, 9.17) is 9.84 Å². The van der Waals surface area contributed by atoms with Crippen molar-refractivity contribution < 1.29 is 24.9 Å². The first-order valence-corrected chi connectivity index (χ1v) is 10.8. The molecule has 0 aromatic heterocycles. The molecule has 6 nitrogen and oxygen atoms in total. The summed E-state index contributed by atoms with van der Waals surface area (Å²) < 4.78 is 5.71. The SMILES string of the molecule is CCC[C@@](C)(O)[C@H](O)[C@@H](C)N(C)C[C@H](C)CCCOC[C@@H](C)C[C@@H](C)C(=O)O. The van der Waals surface area contributed by atoms with Gasteiger partial charge >= 0.3 is 5.97 Å². The second-order valence-corrected chi connectivity index (χ2v) is 9.13. The first-order chi connectivity index (χ1) is 12.9. The molecule has 0 saturated carbocycles. The monoisotopic (exact) mass is 403 g/mol. The van der Waals surface area contributed by atoms with E-state index < -0.39 is 17.7 Å². The maximum atomic E-state index is 10.9. The van der Waals surface area contributed by atoms with E-state index in [2.05, 4.69) is 11.8 Å². The Morgan fingerprint density at radius 2 is 1.79 bits per heavy atom. The second-order valence-electron chi connectivity index (χ2n) is 9.13. The highest BCUT2D eigenvalue weighted by atomic mass is 16.5. The van der Waals surface area contributed by atoms with E-state index in [9.17, 15) is 15.0 Å². The predicted molar refractivity (Wildman–Crippen MR) is 113 cm³/mol. The summed E-state index contributed by atoms with van der Waals surface area (Å²) in [6.07, 6.45) is 3.27. The van der Waals surface area contributed by atoms with Crippen LogP contribution in [0.1, 0.15) is 73.6 Å². The Morgan fingerprint density at radius 3 is 2.32 bits per heavy atom. The van der Waals surface area contributed by atoms with Gasteiger partial charge in [-0.3, -0.25) is 4.79 Å². The van der Waals surface area contributed by atoms with E-state index in [1.807, 2.05) is 27.8 Å². The number of hydrogen-bond acceptors (Lipinski definition) is 5. The van der Waals surface area contributed by atoms with Gasteiger partial charge in [0, 0.05) is 25.8 Å². The fourth-order valence-corrected chi connectivity index (χ4v) is 3.75. The van der Waals surface area contributed by atoms with Crippen molar-refractivity contribution in [3.8, 4) is 0 Å². The summed E-state index contributed by atoms with van der Waals surface area (Å²) in [4.78, 5) is 13.0. The van der Waals surface area contributed by atoms with E-state index in [1.54, 1.807) is 13.8 Å².